The molecule has 5 heteroatoms. The fourth-order valence-corrected chi connectivity index (χ4v) is 0.354. The fourth-order valence-electron chi connectivity index (χ4n) is 0.118. The van der Waals surface area contributed by atoms with Crippen molar-refractivity contribution in [2.75, 3.05) is 6.61 Å². The van der Waals surface area contributed by atoms with E-state index in [2.05, 4.69) is 29.6 Å². The van der Waals surface area contributed by atoms with Crippen LogP contribution in [0.3, 0.4) is 0 Å². The Labute approximate surface area is 76.4 Å². The molecule has 2 radical (unpaired) electrons. The topological polar surface area (TPSA) is 29.5 Å². The third kappa shape index (κ3) is 15.8. The molecule has 0 aliphatic carbocycles. The minimum atomic E-state index is 0.206. The van der Waals surface area contributed by atoms with Crippen molar-refractivity contribution in [2.24, 2.45) is 0 Å². The van der Waals surface area contributed by atoms with E-state index < -0.39 is 0 Å². The zero-order valence-corrected chi connectivity index (χ0v) is 9.90. The predicted molar refractivity (Wildman–Crippen MR) is 39.6 cm³/mol. The van der Waals surface area contributed by atoms with Gasteiger partial charge in [0, 0.05) is 4.38 Å². The summed E-state index contributed by atoms with van der Waals surface area (Å²) in [5.41, 5.74) is 0. The maximum atomic E-state index is 7.14. The Kier molecular flexibility index (Phi) is 16.0. The van der Waals surface area contributed by atoms with Gasteiger partial charge >= 0.3 is 29.3 Å². The average molecular weight is 345 g/mol. The van der Waals surface area contributed by atoms with E-state index in [0.29, 0.717) is 32.8 Å². The molecular formula is C3H6O2PbS2. The first-order valence-electron chi connectivity index (χ1n) is 1.83. The average Bonchev–Trinajstić information content (AvgIpc) is 1.72. The Balaban J connectivity index is 0. The van der Waals surface area contributed by atoms with Gasteiger partial charge in [-0.25, -0.2) is 0 Å². The Hall–Kier alpha value is 0.992. The molecule has 0 aromatic heterocycles. The maximum absolute atomic E-state index is 7.14. The molecule has 0 saturated carbocycles. The molecule has 1 N–H and O–H groups in total. The van der Waals surface area contributed by atoms with Crippen LogP contribution >= 0.6 is 12.2 Å². The van der Waals surface area contributed by atoms with Gasteiger partial charge in [-0.15, -0.1) is 0 Å². The first-order valence-corrected chi connectivity index (χ1v) is 4.39. The molecule has 0 bridgehead atoms. The van der Waals surface area contributed by atoms with Crippen LogP contribution in [0.15, 0.2) is 0 Å². The third-order valence-corrected chi connectivity index (χ3v) is 0.498. The number of rotatable bonds is 1. The molecule has 0 unspecified atom stereocenters. The molecule has 46 valence electrons. The van der Waals surface area contributed by atoms with Crippen LogP contribution in [0.25, 0.3) is 0 Å². The number of ether oxygens (including phenoxy) is 1. The summed E-state index contributed by atoms with van der Waals surface area (Å²) >= 11 is 9.08. The van der Waals surface area contributed by atoms with Gasteiger partial charge in [0.05, 0.1) is 6.61 Å². The standard InChI is InChI=1S/C3H6OS2.H2O.Pb/c1-2-4-3(5)6;;/h2H2,1H3,(H,5,6);1H2;/q;;+2/p-2. The van der Waals surface area contributed by atoms with E-state index in [1.54, 1.807) is 0 Å². The summed E-state index contributed by atoms with van der Waals surface area (Å²) in [6, 6.07) is 0. The molecule has 0 aromatic carbocycles. The molecule has 0 aliphatic rings. The fraction of sp³-hybridized carbons (Fsp3) is 0.667. The first-order chi connectivity index (χ1) is 3.77. The molecular weight excluding hydrogens is 339 g/mol. The number of hydrogen-bond donors (Lipinski definition) is 1. The van der Waals surface area contributed by atoms with Crippen molar-refractivity contribution in [3.63, 3.8) is 0 Å². The van der Waals surface area contributed by atoms with Gasteiger partial charge in [0.25, 0.3) is 0 Å². The Morgan fingerprint density at radius 3 is 2.25 bits per heavy atom. The minimum absolute atomic E-state index is 0.206. The van der Waals surface area contributed by atoms with E-state index in [1.807, 2.05) is 6.92 Å². The number of hydrogen-bond acceptors (Lipinski definition) is 4. The van der Waals surface area contributed by atoms with E-state index in [0.717, 1.165) is 0 Å². The SMILES string of the molecule is CCOC(=S)[S-].[OH][Pb+]. The summed E-state index contributed by atoms with van der Waals surface area (Å²) < 4.78 is 11.9. The molecule has 0 saturated heterocycles. The van der Waals surface area contributed by atoms with Gasteiger partial charge in [-0.05, 0) is 6.92 Å². The van der Waals surface area contributed by atoms with Crippen LogP contribution in [0.4, 0.5) is 0 Å². The van der Waals surface area contributed by atoms with Crippen LogP contribution in [-0.4, -0.2) is 40.3 Å². The quantitative estimate of drug-likeness (QED) is 0.409. The number of thiocarbonyl (C=S) groups is 1. The van der Waals surface area contributed by atoms with Gasteiger partial charge < -0.3 is 29.6 Å². The van der Waals surface area contributed by atoms with E-state index in [-0.39, 0.29) is 4.38 Å². The predicted octanol–water partition coefficient (Wildman–Crippen LogP) is -0.0831. The summed E-state index contributed by atoms with van der Waals surface area (Å²) in [4.78, 5) is 0. The van der Waals surface area contributed by atoms with Gasteiger partial charge in [0.15, 0.2) is 0 Å². The summed E-state index contributed by atoms with van der Waals surface area (Å²) in [6.45, 7) is 2.43. The first kappa shape index (κ1) is 11.7. The van der Waals surface area contributed by atoms with Crippen molar-refractivity contribution in [2.45, 2.75) is 6.92 Å². The van der Waals surface area contributed by atoms with Gasteiger partial charge in [-0.1, -0.05) is 0 Å². The van der Waals surface area contributed by atoms with Crippen LogP contribution in [0.5, 0.6) is 0 Å². The second-order valence-electron chi connectivity index (χ2n) is 0.683. The second-order valence-corrected chi connectivity index (χ2v) is 1.68. The van der Waals surface area contributed by atoms with Crippen molar-refractivity contribution in [3.05, 3.63) is 0 Å². The van der Waals surface area contributed by atoms with Gasteiger partial charge in [-0.2, -0.15) is 0 Å². The third-order valence-electron chi connectivity index (χ3n) is 0.262. The zero-order chi connectivity index (χ0) is 6.99. The van der Waals surface area contributed by atoms with E-state index in [9.17, 15) is 0 Å². The van der Waals surface area contributed by atoms with Gasteiger partial charge in [0.2, 0.25) is 0 Å². The molecule has 0 amide bonds. The van der Waals surface area contributed by atoms with Crippen molar-refractivity contribution >= 4 is 55.4 Å². The molecule has 0 spiro atoms. The van der Waals surface area contributed by atoms with Crippen molar-refractivity contribution in [1.82, 2.24) is 0 Å². The molecule has 0 atom stereocenters. The van der Waals surface area contributed by atoms with Crippen molar-refractivity contribution in [3.8, 4) is 0 Å². The van der Waals surface area contributed by atoms with Crippen LogP contribution in [0, 0.1) is 0 Å². The summed E-state index contributed by atoms with van der Waals surface area (Å²) in [7, 11) is 0. The summed E-state index contributed by atoms with van der Waals surface area (Å²) in [5, 5.41) is 0. The van der Waals surface area contributed by atoms with E-state index in [1.165, 1.54) is 0 Å². The molecule has 2 nitrogen and oxygen atoms in total. The Morgan fingerprint density at radius 2 is 2.25 bits per heavy atom. The molecule has 0 aromatic rings. The summed E-state index contributed by atoms with van der Waals surface area (Å²) in [5.74, 6) is 0. The van der Waals surface area contributed by atoms with Gasteiger partial charge in [0.1, 0.15) is 0 Å². The Bertz CT molecular complexity index is 59.2. The van der Waals surface area contributed by atoms with Gasteiger partial charge in [-0.3, -0.25) is 0 Å². The van der Waals surface area contributed by atoms with Crippen molar-refractivity contribution < 1.29 is 7.79 Å². The van der Waals surface area contributed by atoms with Crippen LogP contribution < -0.4 is 0 Å². The normalized spacial score (nSPS) is 6.25. The molecule has 8 heavy (non-hydrogen) atoms. The van der Waals surface area contributed by atoms with Crippen LogP contribution in [-0.2, 0) is 17.4 Å². The van der Waals surface area contributed by atoms with Crippen LogP contribution in [0.2, 0.25) is 0 Å². The Morgan fingerprint density at radius 1 is 1.88 bits per heavy atom. The summed E-state index contributed by atoms with van der Waals surface area (Å²) in [6.07, 6.45) is 0. The second kappa shape index (κ2) is 10.9. The molecule has 0 rings (SSSR count). The molecule has 0 heterocycles. The van der Waals surface area contributed by atoms with E-state index >= 15 is 0 Å². The monoisotopic (exact) mass is 346 g/mol. The van der Waals surface area contributed by atoms with E-state index in [4.69, 9.17) is 3.06 Å². The zero-order valence-electron chi connectivity index (χ0n) is 4.38. The van der Waals surface area contributed by atoms with Crippen LogP contribution in [0.1, 0.15) is 6.92 Å². The molecule has 0 fully saturated rings. The molecule has 0 aliphatic heterocycles. The van der Waals surface area contributed by atoms with Crippen molar-refractivity contribution in [1.29, 1.82) is 0 Å².